The van der Waals surface area contributed by atoms with Crippen molar-refractivity contribution < 1.29 is 9.90 Å². The zero-order chi connectivity index (χ0) is 13.1. The van der Waals surface area contributed by atoms with Crippen molar-refractivity contribution in [3.63, 3.8) is 0 Å². The molecule has 1 aromatic carbocycles. The number of aliphatic carboxylic acids is 1. The van der Waals surface area contributed by atoms with Crippen LogP contribution in [0, 0.1) is 0 Å². The molecule has 0 bridgehead atoms. The van der Waals surface area contributed by atoms with E-state index in [1.54, 1.807) is 0 Å². The smallest absolute Gasteiger partial charge is 0.326 e. The van der Waals surface area contributed by atoms with Gasteiger partial charge in [0.2, 0.25) is 0 Å². The van der Waals surface area contributed by atoms with Crippen LogP contribution in [0.5, 0.6) is 0 Å². The summed E-state index contributed by atoms with van der Waals surface area (Å²) in [5.74, 6) is -1.14. The first-order valence-corrected chi connectivity index (χ1v) is 6.14. The number of aromatic amines is 1. The number of benzene rings is 1. The van der Waals surface area contributed by atoms with Crippen LogP contribution in [-0.4, -0.2) is 15.4 Å². The van der Waals surface area contributed by atoms with Crippen LogP contribution >= 0.6 is 11.5 Å². The Balaban J connectivity index is 2.36. The molecule has 1 atom stereocenters. The molecule has 6 heteroatoms. The maximum absolute atomic E-state index is 11.7. The molecule has 18 heavy (non-hydrogen) atoms. The van der Waals surface area contributed by atoms with E-state index in [9.17, 15) is 9.59 Å². The molecule has 1 heterocycles. The average Bonchev–Trinajstić information content (AvgIpc) is 2.71. The fourth-order valence-electron chi connectivity index (χ4n) is 1.67. The summed E-state index contributed by atoms with van der Waals surface area (Å²) in [6, 6.07) is 8.22. The number of aromatic nitrogens is 1. The van der Waals surface area contributed by atoms with Crippen LogP contribution in [0.2, 0.25) is 0 Å². The van der Waals surface area contributed by atoms with Crippen molar-refractivity contribution >= 4 is 17.5 Å². The van der Waals surface area contributed by atoms with Gasteiger partial charge in [-0.05, 0) is 5.56 Å². The summed E-state index contributed by atoms with van der Waals surface area (Å²) in [7, 11) is 0. The number of carbonyl (C=O) groups is 1. The summed E-state index contributed by atoms with van der Waals surface area (Å²) in [5, 5.41) is 8.90. The van der Waals surface area contributed by atoms with Gasteiger partial charge in [0.1, 0.15) is 6.04 Å². The van der Waals surface area contributed by atoms with Crippen molar-refractivity contribution in [3.8, 4) is 0 Å². The monoisotopic (exact) mass is 264 g/mol. The average molecular weight is 264 g/mol. The van der Waals surface area contributed by atoms with Crippen molar-refractivity contribution in [3.05, 3.63) is 56.7 Å². The maximum atomic E-state index is 11.7. The second-order valence-electron chi connectivity index (χ2n) is 3.85. The molecule has 0 saturated heterocycles. The van der Waals surface area contributed by atoms with Crippen LogP contribution in [0.3, 0.4) is 0 Å². The summed E-state index contributed by atoms with van der Waals surface area (Å²) in [4.78, 5) is 22.9. The van der Waals surface area contributed by atoms with Gasteiger partial charge in [-0.15, -0.1) is 0 Å². The van der Waals surface area contributed by atoms with E-state index in [0.717, 1.165) is 17.1 Å². The van der Waals surface area contributed by atoms with Crippen LogP contribution < -0.4 is 11.3 Å². The highest BCUT2D eigenvalue weighted by molar-refractivity contribution is 7.06. The van der Waals surface area contributed by atoms with Gasteiger partial charge < -0.3 is 10.8 Å². The zero-order valence-corrected chi connectivity index (χ0v) is 10.2. The van der Waals surface area contributed by atoms with Crippen LogP contribution in [-0.2, 0) is 11.2 Å². The number of carboxylic acid groups (broad SMARTS) is 1. The fourth-order valence-corrected chi connectivity index (χ4v) is 2.51. The Morgan fingerprint density at radius 3 is 2.67 bits per heavy atom. The minimum absolute atomic E-state index is 0.268. The predicted octanol–water partition coefficient (Wildman–Crippen LogP) is 1.11. The van der Waals surface area contributed by atoms with Crippen molar-refractivity contribution in [2.75, 3.05) is 0 Å². The van der Waals surface area contributed by atoms with Crippen molar-refractivity contribution in [1.29, 1.82) is 0 Å². The third-order valence-corrected chi connectivity index (χ3v) is 3.61. The second-order valence-corrected chi connectivity index (χ2v) is 4.70. The van der Waals surface area contributed by atoms with Gasteiger partial charge in [-0.25, -0.2) is 0 Å². The molecule has 0 aliphatic carbocycles. The van der Waals surface area contributed by atoms with E-state index in [1.807, 2.05) is 30.3 Å². The lowest BCUT2D eigenvalue weighted by Gasteiger charge is -2.06. The molecular formula is C12H12N2O3S. The van der Waals surface area contributed by atoms with Gasteiger partial charge in [0.05, 0.1) is 4.88 Å². The number of H-pyrrole nitrogens is 1. The molecule has 5 nitrogen and oxygen atoms in total. The van der Waals surface area contributed by atoms with Gasteiger partial charge in [0, 0.05) is 12.0 Å². The van der Waals surface area contributed by atoms with Gasteiger partial charge in [0.25, 0.3) is 5.56 Å². The Hall–Kier alpha value is -1.92. The standard InChI is InChI=1S/C12H12N2O3S/c13-9(12(16)17)10-8(11(15)14-18-10)6-7-4-2-1-3-5-7/h1-5,9H,6,13H2,(H,14,15)(H,16,17). The molecule has 94 valence electrons. The third-order valence-electron chi connectivity index (χ3n) is 2.60. The van der Waals surface area contributed by atoms with E-state index in [2.05, 4.69) is 4.37 Å². The Bertz CT molecular complexity index is 603. The first kappa shape index (κ1) is 12.5. The van der Waals surface area contributed by atoms with E-state index in [4.69, 9.17) is 10.8 Å². The number of nitrogens with two attached hydrogens (primary N) is 1. The number of carboxylic acids is 1. The minimum atomic E-state index is -1.16. The van der Waals surface area contributed by atoms with Crippen LogP contribution in [0.1, 0.15) is 22.0 Å². The van der Waals surface area contributed by atoms with Gasteiger partial charge in [-0.2, -0.15) is 0 Å². The van der Waals surface area contributed by atoms with E-state index < -0.39 is 12.0 Å². The molecule has 0 radical (unpaired) electrons. The molecule has 2 rings (SSSR count). The topological polar surface area (TPSA) is 96.2 Å². The summed E-state index contributed by atoms with van der Waals surface area (Å²) in [6.45, 7) is 0. The second kappa shape index (κ2) is 5.16. The molecule has 4 N–H and O–H groups in total. The molecule has 0 spiro atoms. The van der Waals surface area contributed by atoms with Gasteiger partial charge >= 0.3 is 5.97 Å². The molecule has 2 aromatic rings. The van der Waals surface area contributed by atoms with Gasteiger partial charge in [-0.3, -0.25) is 14.0 Å². The fraction of sp³-hybridized carbons (Fsp3) is 0.167. The minimum Gasteiger partial charge on any atom is -0.480 e. The predicted molar refractivity (Wildman–Crippen MR) is 68.8 cm³/mol. The van der Waals surface area contributed by atoms with Crippen LogP contribution in [0.4, 0.5) is 0 Å². The van der Waals surface area contributed by atoms with E-state index in [0.29, 0.717) is 16.9 Å². The molecule has 0 saturated carbocycles. The lowest BCUT2D eigenvalue weighted by atomic mass is 10.0. The molecule has 1 unspecified atom stereocenters. The molecule has 1 aromatic heterocycles. The largest absolute Gasteiger partial charge is 0.480 e. The Morgan fingerprint density at radius 1 is 1.39 bits per heavy atom. The lowest BCUT2D eigenvalue weighted by Crippen LogP contribution is -2.22. The van der Waals surface area contributed by atoms with Gasteiger partial charge in [0.15, 0.2) is 0 Å². The van der Waals surface area contributed by atoms with E-state index >= 15 is 0 Å². The number of hydrogen-bond acceptors (Lipinski definition) is 4. The lowest BCUT2D eigenvalue weighted by molar-refractivity contribution is -0.138. The third kappa shape index (κ3) is 2.49. The number of rotatable bonds is 4. The van der Waals surface area contributed by atoms with Crippen molar-refractivity contribution in [2.24, 2.45) is 5.73 Å². The first-order valence-electron chi connectivity index (χ1n) is 5.32. The SMILES string of the molecule is NC(C(=O)O)c1s[nH]c(=O)c1Cc1ccccc1. The Kier molecular flexibility index (Phi) is 3.59. The molecule has 0 aliphatic rings. The molecular weight excluding hydrogens is 252 g/mol. The Morgan fingerprint density at radius 2 is 2.06 bits per heavy atom. The summed E-state index contributed by atoms with van der Waals surface area (Å²) in [6.07, 6.45) is 0.385. The van der Waals surface area contributed by atoms with E-state index in [1.165, 1.54) is 0 Å². The maximum Gasteiger partial charge on any atom is 0.326 e. The first-order chi connectivity index (χ1) is 8.59. The molecule has 0 fully saturated rings. The highest BCUT2D eigenvalue weighted by Crippen LogP contribution is 2.20. The van der Waals surface area contributed by atoms with Crippen LogP contribution in [0.25, 0.3) is 0 Å². The summed E-state index contributed by atoms with van der Waals surface area (Å²) >= 11 is 0.989. The molecule has 0 aliphatic heterocycles. The number of nitrogens with one attached hydrogen (secondary N) is 1. The van der Waals surface area contributed by atoms with Gasteiger partial charge in [-0.1, -0.05) is 41.9 Å². The summed E-state index contributed by atoms with van der Waals surface area (Å²) in [5.41, 5.74) is 6.67. The van der Waals surface area contributed by atoms with Crippen molar-refractivity contribution in [1.82, 2.24) is 4.37 Å². The quantitative estimate of drug-likeness (QED) is 0.770. The highest BCUT2D eigenvalue weighted by Gasteiger charge is 2.22. The number of hydrogen-bond donors (Lipinski definition) is 3. The molecule has 0 amide bonds. The summed E-state index contributed by atoms with van der Waals surface area (Å²) < 4.78 is 2.54. The highest BCUT2D eigenvalue weighted by atomic mass is 32.1. The van der Waals surface area contributed by atoms with Crippen molar-refractivity contribution in [2.45, 2.75) is 12.5 Å². The normalized spacial score (nSPS) is 12.3. The zero-order valence-electron chi connectivity index (χ0n) is 9.42. The Labute approximate surface area is 107 Å². The van der Waals surface area contributed by atoms with E-state index in [-0.39, 0.29) is 5.56 Å². The van der Waals surface area contributed by atoms with Crippen LogP contribution in [0.15, 0.2) is 35.1 Å².